The van der Waals surface area contributed by atoms with Crippen molar-refractivity contribution in [1.82, 2.24) is 5.32 Å². The number of rotatable bonds is 3. The minimum atomic E-state index is -2.69. The summed E-state index contributed by atoms with van der Waals surface area (Å²) in [6.45, 7) is -2.69. The Morgan fingerprint density at radius 2 is 2.23 bits per heavy atom. The van der Waals surface area contributed by atoms with Crippen molar-refractivity contribution in [3.63, 3.8) is 0 Å². The molecule has 0 aromatic carbocycles. The summed E-state index contributed by atoms with van der Waals surface area (Å²) in [5, 5.41) is 12.1. The van der Waals surface area contributed by atoms with Crippen molar-refractivity contribution < 1.29 is 18.6 Å². The van der Waals surface area contributed by atoms with Crippen LogP contribution in [0.4, 0.5) is 8.78 Å². The zero-order chi connectivity index (χ0) is 9.42. The smallest absolute Gasteiger partial charge is 0.345 e. The quantitative estimate of drug-likeness (QED) is 0.679. The van der Waals surface area contributed by atoms with Crippen LogP contribution in [0.1, 0.15) is 12.8 Å². The van der Waals surface area contributed by atoms with Crippen LogP contribution in [0.15, 0.2) is 0 Å². The highest BCUT2D eigenvalue weighted by molar-refractivity contribution is 5.02. The lowest BCUT2D eigenvalue weighted by atomic mass is 9.98. The Labute approximate surface area is 75.1 Å². The average molecular weight is 193 g/mol. The molecule has 4 atom stereocenters. The van der Waals surface area contributed by atoms with Gasteiger partial charge in [0.1, 0.15) is 0 Å². The Bertz CT molecular complexity index is 191. The molecule has 1 saturated carbocycles. The lowest BCUT2D eigenvalue weighted by Crippen LogP contribution is -2.45. The Morgan fingerprint density at radius 1 is 1.46 bits per heavy atom. The highest BCUT2D eigenvalue weighted by atomic mass is 19.3. The summed E-state index contributed by atoms with van der Waals surface area (Å²) in [6.07, 6.45) is 1.12. The second-order valence-corrected chi connectivity index (χ2v) is 3.72. The van der Waals surface area contributed by atoms with Gasteiger partial charge in [-0.25, -0.2) is 0 Å². The Balaban J connectivity index is 1.93. The van der Waals surface area contributed by atoms with Gasteiger partial charge >= 0.3 is 6.61 Å². The van der Waals surface area contributed by atoms with Crippen molar-refractivity contribution in [2.45, 2.75) is 37.6 Å². The Hall–Kier alpha value is -0.260. The molecular weight excluding hydrogens is 180 g/mol. The van der Waals surface area contributed by atoms with Gasteiger partial charge in [-0.1, -0.05) is 0 Å². The number of ether oxygens (including phenoxy) is 1. The highest BCUT2D eigenvalue weighted by Gasteiger charge is 2.47. The van der Waals surface area contributed by atoms with E-state index >= 15 is 0 Å². The summed E-state index contributed by atoms with van der Waals surface area (Å²) < 4.78 is 28.4. The van der Waals surface area contributed by atoms with Crippen molar-refractivity contribution in [2.24, 2.45) is 5.92 Å². The van der Waals surface area contributed by atoms with E-state index in [-0.39, 0.29) is 30.7 Å². The number of aliphatic hydroxyl groups is 1. The fourth-order valence-corrected chi connectivity index (χ4v) is 2.49. The van der Waals surface area contributed by atoms with Gasteiger partial charge in [0.2, 0.25) is 0 Å². The molecule has 0 amide bonds. The number of nitrogens with one attached hydrogen (secondary N) is 1. The first-order valence-electron chi connectivity index (χ1n) is 4.51. The van der Waals surface area contributed by atoms with Crippen LogP contribution in [-0.4, -0.2) is 36.5 Å². The molecule has 0 aromatic heterocycles. The van der Waals surface area contributed by atoms with Crippen molar-refractivity contribution in [2.75, 3.05) is 6.61 Å². The first kappa shape index (κ1) is 9.30. The minimum Gasteiger partial charge on any atom is -0.395 e. The van der Waals surface area contributed by atoms with Crippen molar-refractivity contribution in [3.05, 3.63) is 0 Å². The van der Waals surface area contributed by atoms with E-state index < -0.39 is 6.61 Å². The molecule has 5 heteroatoms. The summed E-state index contributed by atoms with van der Waals surface area (Å²) in [7, 11) is 0. The molecule has 4 unspecified atom stereocenters. The zero-order valence-electron chi connectivity index (χ0n) is 7.12. The van der Waals surface area contributed by atoms with E-state index in [0.29, 0.717) is 6.42 Å². The molecule has 1 saturated heterocycles. The van der Waals surface area contributed by atoms with Gasteiger partial charge in [0.15, 0.2) is 0 Å². The predicted molar refractivity (Wildman–Crippen MR) is 41.4 cm³/mol. The minimum absolute atomic E-state index is 0.00423. The van der Waals surface area contributed by atoms with E-state index in [2.05, 4.69) is 10.1 Å². The van der Waals surface area contributed by atoms with Gasteiger partial charge in [0.05, 0.1) is 12.7 Å². The maximum absolute atomic E-state index is 11.9. The lowest BCUT2D eigenvalue weighted by molar-refractivity contribution is -0.176. The number of aliphatic hydroxyl groups excluding tert-OH is 1. The molecule has 13 heavy (non-hydrogen) atoms. The molecule has 3 nitrogen and oxygen atoms in total. The highest BCUT2D eigenvalue weighted by Crippen LogP contribution is 2.38. The molecule has 0 radical (unpaired) electrons. The molecule has 2 fully saturated rings. The SMILES string of the molecule is OCC1NC2CC(OC(F)F)C1C2. The van der Waals surface area contributed by atoms with Crippen LogP contribution in [-0.2, 0) is 4.74 Å². The number of fused-ring (bicyclic) bond motifs is 2. The normalized spacial score (nSPS) is 43.4. The summed E-state index contributed by atoms with van der Waals surface area (Å²) in [5.41, 5.74) is 0. The molecule has 2 N–H and O–H groups in total. The molecule has 76 valence electrons. The maximum atomic E-state index is 11.9. The number of piperidine rings is 1. The second-order valence-electron chi connectivity index (χ2n) is 3.72. The number of halogens is 2. The van der Waals surface area contributed by atoms with E-state index in [9.17, 15) is 8.78 Å². The Morgan fingerprint density at radius 3 is 2.77 bits per heavy atom. The van der Waals surface area contributed by atoms with Crippen LogP contribution in [0, 0.1) is 5.92 Å². The maximum Gasteiger partial charge on any atom is 0.345 e. The number of hydrogen-bond acceptors (Lipinski definition) is 3. The first-order valence-corrected chi connectivity index (χ1v) is 4.51. The van der Waals surface area contributed by atoms with E-state index in [1.54, 1.807) is 0 Å². The average Bonchev–Trinajstić information content (AvgIpc) is 2.60. The molecule has 0 aromatic rings. The Kier molecular flexibility index (Phi) is 2.49. The molecule has 2 aliphatic rings. The van der Waals surface area contributed by atoms with Crippen LogP contribution in [0.2, 0.25) is 0 Å². The van der Waals surface area contributed by atoms with Crippen LogP contribution in [0.25, 0.3) is 0 Å². The third-order valence-electron chi connectivity index (χ3n) is 2.99. The summed E-state index contributed by atoms with van der Waals surface area (Å²) in [4.78, 5) is 0. The first-order chi connectivity index (χ1) is 6.20. The molecule has 1 aliphatic heterocycles. The van der Waals surface area contributed by atoms with Gasteiger partial charge in [0.25, 0.3) is 0 Å². The summed E-state index contributed by atoms with van der Waals surface area (Å²) in [6, 6.07) is 0.202. The monoisotopic (exact) mass is 193 g/mol. The zero-order valence-corrected chi connectivity index (χ0v) is 7.12. The van der Waals surface area contributed by atoms with Gasteiger partial charge in [-0.3, -0.25) is 0 Å². The molecular formula is C8H13F2NO2. The second kappa shape index (κ2) is 3.48. The topological polar surface area (TPSA) is 41.5 Å². The van der Waals surface area contributed by atoms with E-state index in [1.165, 1.54) is 0 Å². The molecule has 2 bridgehead atoms. The van der Waals surface area contributed by atoms with Crippen molar-refractivity contribution in [1.29, 1.82) is 0 Å². The molecule has 0 spiro atoms. The summed E-state index contributed by atoms with van der Waals surface area (Å²) >= 11 is 0. The lowest BCUT2D eigenvalue weighted by Gasteiger charge is -2.28. The molecule has 1 aliphatic carbocycles. The van der Waals surface area contributed by atoms with Crippen LogP contribution >= 0.6 is 0 Å². The van der Waals surface area contributed by atoms with Gasteiger partial charge in [-0.2, -0.15) is 8.78 Å². The van der Waals surface area contributed by atoms with E-state index in [4.69, 9.17) is 5.11 Å². The third-order valence-corrected chi connectivity index (χ3v) is 2.99. The van der Waals surface area contributed by atoms with E-state index in [0.717, 1.165) is 6.42 Å². The number of alkyl halides is 2. The largest absolute Gasteiger partial charge is 0.395 e. The standard InChI is InChI=1S/C8H13F2NO2/c9-8(10)13-7-2-4-1-5(7)6(3-12)11-4/h4-8,11-12H,1-3H2. The van der Waals surface area contributed by atoms with Gasteiger partial charge in [-0.15, -0.1) is 0 Å². The van der Waals surface area contributed by atoms with Crippen LogP contribution < -0.4 is 5.32 Å². The summed E-state index contributed by atoms with van der Waals surface area (Å²) in [5.74, 6) is 0.0593. The fraction of sp³-hybridized carbons (Fsp3) is 1.00. The third kappa shape index (κ3) is 1.68. The molecule has 2 rings (SSSR count). The fourth-order valence-electron chi connectivity index (χ4n) is 2.49. The molecule has 1 heterocycles. The van der Waals surface area contributed by atoms with Crippen molar-refractivity contribution >= 4 is 0 Å². The van der Waals surface area contributed by atoms with Crippen LogP contribution in [0.3, 0.4) is 0 Å². The number of hydrogen-bond donors (Lipinski definition) is 2. The van der Waals surface area contributed by atoms with Crippen molar-refractivity contribution in [3.8, 4) is 0 Å². The van der Waals surface area contributed by atoms with Gasteiger partial charge in [-0.05, 0) is 12.8 Å². The van der Waals surface area contributed by atoms with Crippen LogP contribution in [0.5, 0.6) is 0 Å². The van der Waals surface area contributed by atoms with Gasteiger partial charge in [0, 0.05) is 18.0 Å². The van der Waals surface area contributed by atoms with E-state index in [1.807, 2.05) is 0 Å². The predicted octanol–water partition coefficient (Wildman–Crippen LogP) is 0.337. The van der Waals surface area contributed by atoms with Gasteiger partial charge < -0.3 is 15.2 Å².